The average Bonchev–Trinajstić information content (AvgIpc) is 3.02. The van der Waals surface area contributed by atoms with Gasteiger partial charge in [0.1, 0.15) is 12.4 Å². The lowest BCUT2D eigenvalue weighted by molar-refractivity contribution is -0.145. The van der Waals surface area contributed by atoms with E-state index in [2.05, 4.69) is 15.2 Å². The fraction of sp³-hybridized carbons (Fsp3) is 0.556. The molecule has 138 valence electrons. The maximum absolute atomic E-state index is 12.6. The minimum absolute atomic E-state index is 0.0567. The van der Waals surface area contributed by atoms with Crippen molar-refractivity contribution in [3.05, 3.63) is 35.7 Å². The quantitative estimate of drug-likeness (QED) is 0.885. The van der Waals surface area contributed by atoms with Gasteiger partial charge in [-0.15, -0.1) is 10.2 Å². The molecule has 4 rings (SSSR count). The number of hydrogen-bond donors (Lipinski definition) is 1. The van der Waals surface area contributed by atoms with Gasteiger partial charge in [-0.2, -0.15) is 0 Å². The van der Waals surface area contributed by atoms with Crippen LogP contribution >= 0.6 is 0 Å². The topological polar surface area (TPSA) is 93.4 Å². The zero-order valence-electron chi connectivity index (χ0n) is 15.0. The number of carbonyl (C=O) groups excluding carboxylic acids is 1. The fourth-order valence-electron chi connectivity index (χ4n) is 3.56. The second kappa shape index (κ2) is 6.68. The number of rotatable bonds is 4. The van der Waals surface area contributed by atoms with Gasteiger partial charge in [0.25, 0.3) is 0 Å². The normalized spacial score (nSPS) is 24.7. The molecule has 1 fully saturated rings. The summed E-state index contributed by atoms with van der Waals surface area (Å²) in [4.78, 5) is 18.7. The van der Waals surface area contributed by atoms with Crippen molar-refractivity contribution >= 4 is 5.91 Å². The SMILES string of the molecule is Cc1ccc(OCc2nnc3n2CCN(C(=O)C2CC(O)C2)C3C)cn1. The van der Waals surface area contributed by atoms with E-state index in [4.69, 9.17) is 4.74 Å². The van der Waals surface area contributed by atoms with Gasteiger partial charge in [-0.25, -0.2) is 0 Å². The van der Waals surface area contributed by atoms with Gasteiger partial charge in [-0.1, -0.05) is 0 Å². The standard InChI is InChI=1S/C18H23N5O3/c1-11-3-4-15(9-19-11)26-10-16-20-21-17-12(2)22(5-6-23(16)17)18(25)13-7-14(24)8-13/h3-4,9,12-14,24H,5-8,10H2,1-2H3. The van der Waals surface area contributed by atoms with Crippen LogP contribution in [-0.2, 0) is 17.9 Å². The number of aryl methyl sites for hydroxylation is 1. The van der Waals surface area contributed by atoms with E-state index in [1.54, 1.807) is 6.20 Å². The number of fused-ring (bicyclic) bond motifs is 1. The number of aliphatic hydroxyl groups excluding tert-OH is 1. The van der Waals surface area contributed by atoms with Gasteiger partial charge in [0.05, 0.1) is 18.3 Å². The van der Waals surface area contributed by atoms with Crippen LogP contribution in [0, 0.1) is 12.8 Å². The highest BCUT2D eigenvalue weighted by Gasteiger charge is 2.39. The Balaban J connectivity index is 1.43. The molecule has 0 radical (unpaired) electrons. The molecule has 0 aromatic carbocycles. The summed E-state index contributed by atoms with van der Waals surface area (Å²) in [5.41, 5.74) is 0.940. The Hall–Kier alpha value is -2.48. The van der Waals surface area contributed by atoms with Crippen molar-refractivity contribution in [3.63, 3.8) is 0 Å². The summed E-state index contributed by atoms with van der Waals surface area (Å²) in [6.45, 7) is 5.49. The lowest BCUT2D eigenvalue weighted by Gasteiger charge is -2.39. The Bertz CT molecular complexity index is 798. The van der Waals surface area contributed by atoms with Gasteiger partial charge in [-0.05, 0) is 38.8 Å². The van der Waals surface area contributed by atoms with E-state index in [1.807, 2.05) is 35.4 Å². The van der Waals surface area contributed by atoms with Gasteiger partial charge in [-0.3, -0.25) is 9.78 Å². The molecule has 2 aromatic rings. The van der Waals surface area contributed by atoms with Crippen molar-refractivity contribution in [3.8, 4) is 5.75 Å². The molecule has 1 saturated carbocycles. The summed E-state index contributed by atoms with van der Waals surface area (Å²) < 4.78 is 7.80. The van der Waals surface area contributed by atoms with E-state index < -0.39 is 0 Å². The maximum atomic E-state index is 12.6. The third-order valence-corrected chi connectivity index (χ3v) is 5.26. The lowest BCUT2D eigenvalue weighted by atomic mass is 9.81. The van der Waals surface area contributed by atoms with Crippen LogP contribution in [0.15, 0.2) is 18.3 Å². The van der Waals surface area contributed by atoms with Gasteiger partial charge in [0, 0.05) is 24.7 Å². The molecule has 1 atom stereocenters. The summed E-state index contributed by atoms with van der Waals surface area (Å²) in [6, 6.07) is 3.65. The largest absolute Gasteiger partial charge is 0.484 e. The third-order valence-electron chi connectivity index (χ3n) is 5.26. The van der Waals surface area contributed by atoms with Crippen molar-refractivity contribution in [2.24, 2.45) is 5.92 Å². The van der Waals surface area contributed by atoms with Crippen LogP contribution < -0.4 is 4.74 Å². The molecule has 1 aliphatic heterocycles. The average molecular weight is 357 g/mol. The molecule has 0 bridgehead atoms. The van der Waals surface area contributed by atoms with Crippen LogP contribution in [-0.4, -0.2) is 48.3 Å². The summed E-state index contributed by atoms with van der Waals surface area (Å²) in [6.07, 6.45) is 2.50. The molecular weight excluding hydrogens is 334 g/mol. The molecule has 3 heterocycles. The van der Waals surface area contributed by atoms with Crippen molar-refractivity contribution < 1.29 is 14.6 Å². The molecule has 0 saturated heterocycles. The molecule has 2 aromatic heterocycles. The van der Waals surface area contributed by atoms with E-state index in [-0.39, 0.29) is 24.0 Å². The highest BCUT2D eigenvalue weighted by molar-refractivity contribution is 5.80. The predicted molar refractivity (Wildman–Crippen MR) is 92.2 cm³/mol. The Kier molecular flexibility index (Phi) is 4.36. The second-order valence-corrected chi connectivity index (χ2v) is 7.08. The number of ether oxygens (including phenoxy) is 1. The van der Waals surface area contributed by atoms with E-state index in [0.717, 1.165) is 17.3 Å². The number of aromatic nitrogens is 4. The number of nitrogens with zero attached hydrogens (tertiary/aromatic N) is 5. The zero-order valence-corrected chi connectivity index (χ0v) is 15.0. The minimum Gasteiger partial charge on any atom is -0.484 e. The van der Waals surface area contributed by atoms with Crippen LogP contribution in [0.1, 0.15) is 43.1 Å². The Morgan fingerprint density at radius 1 is 1.31 bits per heavy atom. The number of carbonyl (C=O) groups is 1. The molecule has 0 spiro atoms. The van der Waals surface area contributed by atoms with Gasteiger partial charge >= 0.3 is 0 Å². The highest BCUT2D eigenvalue weighted by Crippen LogP contribution is 2.33. The summed E-state index contributed by atoms with van der Waals surface area (Å²) in [5, 5.41) is 18.0. The molecule has 1 aliphatic carbocycles. The maximum Gasteiger partial charge on any atom is 0.226 e. The number of hydrogen-bond acceptors (Lipinski definition) is 6. The summed E-state index contributed by atoms with van der Waals surface area (Å²) in [7, 11) is 0. The molecule has 8 heteroatoms. The van der Waals surface area contributed by atoms with E-state index >= 15 is 0 Å². The van der Waals surface area contributed by atoms with Gasteiger partial charge in [0.15, 0.2) is 11.6 Å². The Labute approximate surface area is 151 Å². The molecule has 1 amide bonds. The lowest BCUT2D eigenvalue weighted by Crippen LogP contribution is -2.48. The third kappa shape index (κ3) is 3.05. The van der Waals surface area contributed by atoms with Crippen LogP contribution in [0.25, 0.3) is 0 Å². The molecule has 1 unspecified atom stereocenters. The van der Waals surface area contributed by atoms with Crippen LogP contribution in [0.5, 0.6) is 5.75 Å². The monoisotopic (exact) mass is 357 g/mol. The molecular formula is C18H23N5O3. The number of amides is 1. The molecule has 2 aliphatic rings. The van der Waals surface area contributed by atoms with Crippen LogP contribution in [0.3, 0.4) is 0 Å². The highest BCUT2D eigenvalue weighted by atomic mass is 16.5. The van der Waals surface area contributed by atoms with Crippen molar-refractivity contribution in [1.29, 1.82) is 0 Å². The van der Waals surface area contributed by atoms with E-state index in [1.165, 1.54) is 0 Å². The Morgan fingerprint density at radius 2 is 2.12 bits per heavy atom. The smallest absolute Gasteiger partial charge is 0.226 e. The van der Waals surface area contributed by atoms with Gasteiger partial charge < -0.3 is 19.3 Å². The van der Waals surface area contributed by atoms with E-state index in [9.17, 15) is 9.90 Å². The van der Waals surface area contributed by atoms with Crippen molar-refractivity contribution in [2.75, 3.05) is 6.54 Å². The molecule has 8 nitrogen and oxygen atoms in total. The first kappa shape index (κ1) is 17.0. The first-order valence-electron chi connectivity index (χ1n) is 8.99. The zero-order chi connectivity index (χ0) is 18.3. The van der Waals surface area contributed by atoms with Crippen molar-refractivity contribution in [1.82, 2.24) is 24.6 Å². The molecule has 1 N–H and O–H groups in total. The second-order valence-electron chi connectivity index (χ2n) is 7.08. The summed E-state index contributed by atoms with van der Waals surface area (Å²) >= 11 is 0. The van der Waals surface area contributed by atoms with Gasteiger partial charge in [0.2, 0.25) is 5.91 Å². The van der Waals surface area contributed by atoms with Crippen molar-refractivity contribution in [2.45, 2.75) is 52.0 Å². The van der Waals surface area contributed by atoms with E-state index in [0.29, 0.717) is 38.3 Å². The fourth-order valence-corrected chi connectivity index (χ4v) is 3.56. The van der Waals surface area contributed by atoms with Crippen LogP contribution in [0.2, 0.25) is 0 Å². The first-order valence-corrected chi connectivity index (χ1v) is 8.99. The number of aliphatic hydroxyl groups is 1. The first-order chi connectivity index (χ1) is 12.5. The molecule has 26 heavy (non-hydrogen) atoms. The minimum atomic E-state index is -0.326. The predicted octanol–water partition coefficient (Wildman–Crippen LogP) is 1.23. The Morgan fingerprint density at radius 3 is 2.81 bits per heavy atom. The summed E-state index contributed by atoms with van der Waals surface area (Å²) in [5.74, 6) is 2.28. The van der Waals surface area contributed by atoms with Crippen LogP contribution in [0.4, 0.5) is 0 Å². The number of pyridine rings is 1.